The van der Waals surface area contributed by atoms with Crippen molar-refractivity contribution in [3.63, 3.8) is 0 Å². The van der Waals surface area contributed by atoms with Crippen LogP contribution in [0.25, 0.3) is 0 Å². The molecule has 0 fully saturated rings. The van der Waals surface area contributed by atoms with E-state index in [4.69, 9.17) is 4.74 Å². The molecule has 0 saturated heterocycles. The smallest absolute Gasteiger partial charge is 0.243 e. The van der Waals surface area contributed by atoms with Crippen LogP contribution in [0.15, 0.2) is 66.2 Å². The third-order valence-corrected chi connectivity index (χ3v) is 6.06. The standard InChI is InChI=1S/C32H47N3O3/c1-23(2)18-19-35(8)29(20-24(3)4)31(37)33-28(30(36)34-32(5,6)7)21-25-14-16-27(17-15-25)38-22-26-12-10-9-11-13-26/h9-18,24,28-29H,19-22H2,1-8H3,(H,33,37)(H,34,36)/t28-,29-/m0/s1. The summed E-state index contributed by atoms with van der Waals surface area (Å²) in [6, 6.07) is 16.7. The molecule has 2 amide bonds. The van der Waals surface area contributed by atoms with Crippen LogP contribution in [0.4, 0.5) is 0 Å². The van der Waals surface area contributed by atoms with Gasteiger partial charge in [0, 0.05) is 18.5 Å². The minimum absolute atomic E-state index is 0.125. The fraction of sp³-hybridized carbons (Fsp3) is 0.500. The Morgan fingerprint density at radius 2 is 1.58 bits per heavy atom. The Labute approximate surface area is 229 Å². The van der Waals surface area contributed by atoms with Crippen molar-refractivity contribution < 1.29 is 14.3 Å². The Bertz CT molecular complexity index is 1040. The van der Waals surface area contributed by atoms with Gasteiger partial charge >= 0.3 is 0 Å². The minimum Gasteiger partial charge on any atom is -0.489 e. The Morgan fingerprint density at radius 3 is 2.13 bits per heavy atom. The van der Waals surface area contributed by atoms with Crippen LogP contribution in [0, 0.1) is 5.92 Å². The molecule has 2 aromatic rings. The summed E-state index contributed by atoms with van der Waals surface area (Å²) in [6.45, 7) is 15.3. The van der Waals surface area contributed by atoms with Crippen molar-refractivity contribution in [3.05, 3.63) is 77.4 Å². The van der Waals surface area contributed by atoms with Gasteiger partial charge in [0.25, 0.3) is 0 Å². The van der Waals surface area contributed by atoms with Gasteiger partial charge < -0.3 is 15.4 Å². The van der Waals surface area contributed by atoms with Crippen LogP contribution < -0.4 is 15.4 Å². The van der Waals surface area contributed by atoms with E-state index in [2.05, 4.69) is 49.3 Å². The third-order valence-electron chi connectivity index (χ3n) is 6.06. The van der Waals surface area contributed by atoms with Gasteiger partial charge in [-0.3, -0.25) is 14.5 Å². The van der Waals surface area contributed by atoms with Crippen molar-refractivity contribution in [3.8, 4) is 5.75 Å². The highest BCUT2D eigenvalue weighted by Crippen LogP contribution is 2.17. The van der Waals surface area contributed by atoms with Gasteiger partial charge in [-0.15, -0.1) is 0 Å². The lowest BCUT2D eigenvalue weighted by atomic mass is 9.99. The van der Waals surface area contributed by atoms with Gasteiger partial charge in [-0.1, -0.05) is 68.0 Å². The second-order valence-electron chi connectivity index (χ2n) is 11.8. The van der Waals surface area contributed by atoms with Gasteiger partial charge in [-0.25, -0.2) is 0 Å². The Hall–Kier alpha value is -3.12. The average Bonchev–Trinajstić information content (AvgIpc) is 2.84. The summed E-state index contributed by atoms with van der Waals surface area (Å²) in [7, 11) is 1.96. The SMILES string of the molecule is CC(C)=CCN(C)[C@@H](CC(C)C)C(=O)N[C@@H](Cc1ccc(OCc2ccccc2)cc1)C(=O)NC(C)(C)C. The van der Waals surface area contributed by atoms with E-state index in [-0.39, 0.29) is 17.9 Å². The summed E-state index contributed by atoms with van der Waals surface area (Å²) in [6.07, 6.45) is 3.21. The van der Waals surface area contributed by atoms with E-state index in [1.54, 1.807) is 0 Å². The lowest BCUT2D eigenvalue weighted by Crippen LogP contribution is -2.56. The molecule has 0 spiro atoms. The fourth-order valence-electron chi connectivity index (χ4n) is 4.02. The topological polar surface area (TPSA) is 70.7 Å². The van der Waals surface area contributed by atoms with E-state index in [0.717, 1.165) is 16.9 Å². The minimum atomic E-state index is -0.690. The number of carbonyl (C=O) groups excluding carboxylic acids is 2. The third kappa shape index (κ3) is 11.5. The number of hydrogen-bond acceptors (Lipinski definition) is 4. The fourth-order valence-corrected chi connectivity index (χ4v) is 4.02. The average molecular weight is 522 g/mol. The number of nitrogens with zero attached hydrogens (tertiary/aromatic N) is 1. The maximum absolute atomic E-state index is 13.5. The molecule has 0 heterocycles. The highest BCUT2D eigenvalue weighted by Gasteiger charge is 2.30. The number of nitrogens with one attached hydrogen (secondary N) is 2. The lowest BCUT2D eigenvalue weighted by Gasteiger charge is -2.31. The van der Waals surface area contributed by atoms with Crippen LogP contribution in [0.3, 0.4) is 0 Å². The molecular formula is C32H47N3O3. The second kappa shape index (κ2) is 14.7. The zero-order valence-corrected chi connectivity index (χ0v) is 24.5. The molecule has 0 aliphatic carbocycles. The zero-order chi connectivity index (χ0) is 28.3. The van der Waals surface area contributed by atoms with Crippen molar-refractivity contribution in [2.24, 2.45) is 5.92 Å². The molecule has 2 atom stereocenters. The summed E-state index contributed by atoms with van der Waals surface area (Å²) < 4.78 is 5.91. The van der Waals surface area contributed by atoms with Crippen molar-refractivity contribution in [1.82, 2.24) is 15.5 Å². The molecule has 0 saturated carbocycles. The van der Waals surface area contributed by atoms with Crippen LogP contribution in [-0.2, 0) is 22.6 Å². The van der Waals surface area contributed by atoms with E-state index < -0.39 is 11.6 Å². The van der Waals surface area contributed by atoms with E-state index in [1.165, 1.54) is 5.57 Å². The first-order chi connectivity index (χ1) is 17.8. The largest absolute Gasteiger partial charge is 0.489 e. The molecule has 0 unspecified atom stereocenters. The number of benzene rings is 2. The molecule has 2 rings (SSSR count). The van der Waals surface area contributed by atoms with Crippen molar-refractivity contribution >= 4 is 11.8 Å². The van der Waals surface area contributed by atoms with Crippen LogP contribution >= 0.6 is 0 Å². The Morgan fingerprint density at radius 1 is 0.947 bits per heavy atom. The van der Waals surface area contributed by atoms with Gasteiger partial charge in [0.1, 0.15) is 18.4 Å². The van der Waals surface area contributed by atoms with Crippen molar-refractivity contribution in [2.75, 3.05) is 13.6 Å². The zero-order valence-electron chi connectivity index (χ0n) is 24.5. The molecular weight excluding hydrogens is 474 g/mol. The van der Waals surface area contributed by atoms with E-state index >= 15 is 0 Å². The van der Waals surface area contributed by atoms with E-state index in [1.807, 2.05) is 82.4 Å². The molecule has 6 nitrogen and oxygen atoms in total. The van der Waals surface area contributed by atoms with E-state index in [9.17, 15) is 9.59 Å². The van der Waals surface area contributed by atoms with Crippen molar-refractivity contribution in [2.45, 2.75) is 85.5 Å². The number of hydrogen-bond donors (Lipinski definition) is 2. The van der Waals surface area contributed by atoms with Gasteiger partial charge in [0.15, 0.2) is 0 Å². The summed E-state index contributed by atoms with van der Waals surface area (Å²) >= 11 is 0. The van der Waals surface area contributed by atoms with Crippen LogP contribution in [-0.4, -0.2) is 47.9 Å². The molecule has 38 heavy (non-hydrogen) atoms. The summed E-state index contributed by atoms with van der Waals surface area (Å²) in [5, 5.41) is 6.12. The first-order valence-corrected chi connectivity index (χ1v) is 13.6. The summed E-state index contributed by atoms with van der Waals surface area (Å²) in [4.78, 5) is 28.9. The van der Waals surface area contributed by atoms with Crippen LogP contribution in [0.2, 0.25) is 0 Å². The maximum Gasteiger partial charge on any atom is 0.243 e. The molecule has 6 heteroatoms. The van der Waals surface area contributed by atoms with Gasteiger partial charge in [-0.05, 0) is 77.3 Å². The van der Waals surface area contributed by atoms with Crippen LogP contribution in [0.1, 0.15) is 66.0 Å². The molecule has 0 bridgehead atoms. The highest BCUT2D eigenvalue weighted by molar-refractivity contribution is 5.90. The molecule has 0 radical (unpaired) electrons. The molecule has 2 aromatic carbocycles. The number of ether oxygens (including phenoxy) is 1. The predicted molar refractivity (Wildman–Crippen MR) is 156 cm³/mol. The Balaban J connectivity index is 2.16. The maximum atomic E-state index is 13.5. The molecule has 0 aliphatic heterocycles. The monoisotopic (exact) mass is 521 g/mol. The second-order valence-corrected chi connectivity index (χ2v) is 11.8. The number of allylic oxidation sites excluding steroid dienone is 1. The first-order valence-electron chi connectivity index (χ1n) is 13.6. The first kappa shape index (κ1) is 31.1. The van der Waals surface area contributed by atoms with Gasteiger partial charge in [0.05, 0.1) is 6.04 Å². The Kier molecular flexibility index (Phi) is 12.0. The molecule has 0 aromatic heterocycles. The summed E-state index contributed by atoms with van der Waals surface area (Å²) in [5.74, 6) is 0.783. The number of likely N-dealkylation sites (N-methyl/N-ethyl adjacent to an activating group) is 1. The number of rotatable bonds is 13. The highest BCUT2D eigenvalue weighted by atomic mass is 16.5. The summed E-state index contributed by atoms with van der Waals surface area (Å²) in [5.41, 5.74) is 2.85. The van der Waals surface area contributed by atoms with Gasteiger partial charge in [0.2, 0.25) is 11.8 Å². The number of amides is 2. The van der Waals surface area contributed by atoms with Crippen molar-refractivity contribution in [1.29, 1.82) is 0 Å². The molecule has 208 valence electrons. The molecule has 2 N–H and O–H groups in total. The van der Waals surface area contributed by atoms with Crippen LogP contribution in [0.5, 0.6) is 5.75 Å². The number of carbonyl (C=O) groups is 2. The normalized spacial score (nSPS) is 13.1. The molecule has 0 aliphatic rings. The predicted octanol–water partition coefficient (Wildman–Crippen LogP) is 5.52. The lowest BCUT2D eigenvalue weighted by molar-refractivity contribution is -0.132. The van der Waals surface area contributed by atoms with Gasteiger partial charge in [-0.2, -0.15) is 0 Å². The quantitative estimate of drug-likeness (QED) is 0.341. The van der Waals surface area contributed by atoms with E-state index in [0.29, 0.717) is 31.9 Å².